The number of carbonyl (C=O) groups excluding carboxylic acids is 1. The normalized spacial score (nSPS) is 10.8. The van der Waals surface area contributed by atoms with Crippen molar-refractivity contribution in [3.05, 3.63) is 39.0 Å². The van der Waals surface area contributed by atoms with Gasteiger partial charge < -0.3 is 0 Å². The molecule has 16 heavy (non-hydrogen) atoms. The first kappa shape index (κ1) is 13.2. The summed E-state index contributed by atoms with van der Waals surface area (Å²) in [4.78, 5) is 12.8. The van der Waals surface area contributed by atoms with Crippen LogP contribution < -0.4 is 0 Å². The summed E-state index contributed by atoms with van der Waals surface area (Å²) >= 11 is 18.7. The fourth-order valence-electron chi connectivity index (χ4n) is 1.09. The number of rotatable bonds is 2. The van der Waals surface area contributed by atoms with Crippen molar-refractivity contribution in [2.75, 3.05) is 0 Å². The van der Waals surface area contributed by atoms with E-state index in [4.69, 9.17) is 11.6 Å². The molecule has 7 heteroatoms. The van der Waals surface area contributed by atoms with E-state index in [1.165, 1.54) is 22.7 Å². The van der Waals surface area contributed by atoms with Crippen molar-refractivity contribution in [2.45, 2.75) is 0 Å². The minimum Gasteiger partial charge on any atom is -0.288 e. The van der Waals surface area contributed by atoms with Gasteiger partial charge in [0.25, 0.3) is 0 Å². The van der Waals surface area contributed by atoms with Crippen LogP contribution in [0.25, 0.3) is 0 Å². The molecular formula is C9H2Br3ClOS2. The minimum atomic E-state index is -0.0218. The Morgan fingerprint density at radius 3 is 2.25 bits per heavy atom. The van der Waals surface area contributed by atoms with E-state index in [-0.39, 0.29) is 5.78 Å². The number of hydrogen-bond donors (Lipinski definition) is 0. The first-order chi connectivity index (χ1) is 7.49. The molecule has 0 aliphatic heterocycles. The van der Waals surface area contributed by atoms with E-state index in [9.17, 15) is 4.79 Å². The summed E-state index contributed by atoms with van der Waals surface area (Å²) in [5, 5.41) is 0.568. The molecule has 0 spiro atoms. The van der Waals surface area contributed by atoms with E-state index in [1.54, 1.807) is 12.1 Å². The molecule has 2 aromatic heterocycles. The maximum atomic E-state index is 12.1. The molecule has 0 aliphatic carbocycles. The second kappa shape index (κ2) is 5.20. The molecule has 2 rings (SSSR count). The van der Waals surface area contributed by atoms with E-state index < -0.39 is 0 Å². The highest BCUT2D eigenvalue weighted by molar-refractivity contribution is 9.12. The number of ketones is 1. The highest BCUT2D eigenvalue weighted by Crippen LogP contribution is 2.37. The van der Waals surface area contributed by atoms with Crippen LogP contribution in [0.2, 0.25) is 5.02 Å². The summed E-state index contributed by atoms with van der Waals surface area (Å²) < 4.78 is 2.53. The van der Waals surface area contributed by atoms with Crippen LogP contribution in [0.15, 0.2) is 23.5 Å². The average Bonchev–Trinajstić information content (AvgIpc) is 2.70. The van der Waals surface area contributed by atoms with Crippen molar-refractivity contribution < 1.29 is 4.79 Å². The Morgan fingerprint density at radius 2 is 1.81 bits per heavy atom. The van der Waals surface area contributed by atoms with Gasteiger partial charge in [-0.05, 0) is 59.9 Å². The monoisotopic (exact) mass is 462 g/mol. The molecule has 0 saturated carbocycles. The summed E-state index contributed by atoms with van der Waals surface area (Å²) in [6, 6.07) is 3.48. The van der Waals surface area contributed by atoms with Crippen LogP contribution in [-0.4, -0.2) is 5.78 Å². The molecule has 0 radical (unpaired) electrons. The van der Waals surface area contributed by atoms with Gasteiger partial charge in [0.15, 0.2) is 0 Å². The molecule has 0 unspecified atom stereocenters. The van der Waals surface area contributed by atoms with Gasteiger partial charge in [-0.2, -0.15) is 0 Å². The summed E-state index contributed by atoms with van der Waals surface area (Å²) in [6.45, 7) is 0. The Hall–Kier alpha value is 0.800. The fraction of sp³-hybridized carbons (Fsp3) is 0. The lowest BCUT2D eigenvalue weighted by molar-refractivity contribution is 0.104. The van der Waals surface area contributed by atoms with E-state index in [1.807, 2.05) is 0 Å². The lowest BCUT2D eigenvalue weighted by Crippen LogP contribution is -1.96. The highest BCUT2D eigenvalue weighted by atomic mass is 79.9. The van der Waals surface area contributed by atoms with Gasteiger partial charge in [0.05, 0.1) is 21.3 Å². The zero-order valence-corrected chi connectivity index (χ0v) is 14.5. The third kappa shape index (κ3) is 2.62. The van der Waals surface area contributed by atoms with Crippen molar-refractivity contribution in [1.29, 1.82) is 0 Å². The Balaban J connectivity index is 2.42. The van der Waals surface area contributed by atoms with E-state index >= 15 is 0 Å². The molecule has 0 saturated heterocycles. The Labute approximate surface area is 130 Å². The molecular weight excluding hydrogens is 463 g/mol. The standard InChI is InChI=1S/C9H2Br3ClOS2/c10-6-1-3(8(11)16-6)7(14)5-2-4(13)9(12)15-5/h1-2H. The average molecular weight is 465 g/mol. The van der Waals surface area contributed by atoms with Crippen LogP contribution in [-0.2, 0) is 0 Å². The summed E-state index contributed by atoms with van der Waals surface area (Å²) in [5.74, 6) is -0.0218. The summed E-state index contributed by atoms with van der Waals surface area (Å²) in [5.41, 5.74) is 0.655. The summed E-state index contributed by atoms with van der Waals surface area (Å²) in [7, 11) is 0. The zero-order valence-electron chi connectivity index (χ0n) is 7.39. The Kier molecular flexibility index (Phi) is 4.30. The van der Waals surface area contributed by atoms with Gasteiger partial charge in [0, 0.05) is 5.56 Å². The molecule has 0 atom stereocenters. The third-order valence-corrected chi connectivity index (χ3v) is 6.58. The molecule has 0 N–H and O–H groups in total. The second-order valence-corrected chi connectivity index (χ2v) is 9.33. The maximum absolute atomic E-state index is 12.1. The second-order valence-electron chi connectivity index (χ2n) is 2.80. The van der Waals surface area contributed by atoms with Gasteiger partial charge in [0.1, 0.15) is 0 Å². The molecule has 0 fully saturated rings. The number of carbonyl (C=O) groups is 1. The van der Waals surface area contributed by atoms with Gasteiger partial charge in [-0.1, -0.05) is 11.6 Å². The maximum Gasteiger partial charge on any atom is 0.205 e. The molecule has 0 amide bonds. The Bertz CT molecular complexity index is 542. The van der Waals surface area contributed by atoms with E-state index in [2.05, 4.69) is 47.8 Å². The fourth-order valence-corrected chi connectivity index (χ4v) is 5.54. The molecule has 84 valence electrons. The lowest BCUT2D eigenvalue weighted by Gasteiger charge is -1.93. The molecule has 2 heterocycles. The SMILES string of the molecule is O=C(c1cc(Cl)c(Br)s1)c1cc(Br)sc1Br. The molecule has 0 aromatic carbocycles. The Morgan fingerprint density at radius 1 is 1.12 bits per heavy atom. The van der Waals surface area contributed by atoms with Crippen LogP contribution in [0, 0.1) is 0 Å². The number of halogens is 4. The van der Waals surface area contributed by atoms with Gasteiger partial charge in [-0.3, -0.25) is 4.79 Å². The largest absolute Gasteiger partial charge is 0.288 e. The van der Waals surface area contributed by atoms with Gasteiger partial charge in [-0.25, -0.2) is 0 Å². The van der Waals surface area contributed by atoms with Crippen LogP contribution in [0.5, 0.6) is 0 Å². The molecule has 1 nitrogen and oxygen atoms in total. The third-order valence-electron chi connectivity index (χ3n) is 1.77. The molecule has 0 bridgehead atoms. The summed E-state index contributed by atoms with van der Waals surface area (Å²) in [6.07, 6.45) is 0. The predicted molar refractivity (Wildman–Crippen MR) is 80.2 cm³/mol. The quantitative estimate of drug-likeness (QED) is 0.499. The van der Waals surface area contributed by atoms with E-state index in [0.717, 1.165) is 11.4 Å². The van der Waals surface area contributed by atoms with Crippen molar-refractivity contribution in [3.63, 3.8) is 0 Å². The topological polar surface area (TPSA) is 17.1 Å². The van der Waals surface area contributed by atoms with Gasteiger partial charge in [-0.15, -0.1) is 22.7 Å². The van der Waals surface area contributed by atoms with Gasteiger partial charge >= 0.3 is 0 Å². The van der Waals surface area contributed by atoms with Crippen molar-refractivity contribution in [1.82, 2.24) is 0 Å². The highest BCUT2D eigenvalue weighted by Gasteiger charge is 2.18. The van der Waals surface area contributed by atoms with Crippen molar-refractivity contribution >= 4 is 87.8 Å². The number of thiophene rings is 2. The van der Waals surface area contributed by atoms with Crippen molar-refractivity contribution in [3.8, 4) is 0 Å². The van der Waals surface area contributed by atoms with Crippen LogP contribution >= 0.6 is 82.1 Å². The van der Waals surface area contributed by atoms with Crippen LogP contribution in [0.3, 0.4) is 0 Å². The molecule has 0 aliphatic rings. The zero-order chi connectivity index (χ0) is 11.9. The van der Waals surface area contributed by atoms with Gasteiger partial charge in [0.2, 0.25) is 5.78 Å². The first-order valence-corrected chi connectivity index (χ1v) is 8.32. The van der Waals surface area contributed by atoms with E-state index in [0.29, 0.717) is 15.5 Å². The first-order valence-electron chi connectivity index (χ1n) is 3.93. The molecule has 2 aromatic rings. The number of hydrogen-bond acceptors (Lipinski definition) is 3. The van der Waals surface area contributed by atoms with Crippen molar-refractivity contribution in [2.24, 2.45) is 0 Å². The minimum absolute atomic E-state index is 0.0218. The van der Waals surface area contributed by atoms with Crippen LogP contribution in [0.1, 0.15) is 15.2 Å². The van der Waals surface area contributed by atoms with Crippen LogP contribution in [0.4, 0.5) is 0 Å². The lowest BCUT2D eigenvalue weighted by atomic mass is 10.2. The smallest absolute Gasteiger partial charge is 0.205 e. The predicted octanol–water partition coefficient (Wildman–Crippen LogP) is 5.98.